The summed E-state index contributed by atoms with van der Waals surface area (Å²) in [5.74, 6) is 0.521. The molecular formula is C26H31FN4O3. The Morgan fingerprint density at radius 2 is 2.03 bits per heavy atom. The minimum absolute atomic E-state index is 0.0639. The van der Waals surface area contributed by atoms with E-state index in [2.05, 4.69) is 21.3 Å². The first-order valence-electron chi connectivity index (χ1n) is 11.7. The Labute approximate surface area is 198 Å². The third-order valence-electron chi connectivity index (χ3n) is 7.57. The summed E-state index contributed by atoms with van der Waals surface area (Å²) in [6.07, 6.45) is 1.58. The molecule has 3 heterocycles. The van der Waals surface area contributed by atoms with E-state index in [1.165, 1.54) is 11.6 Å². The first-order chi connectivity index (χ1) is 16.5. The fourth-order valence-electron chi connectivity index (χ4n) is 5.83. The SMILES string of the molecule is CNC(=O)N1CCC2(CC1)CN(Cc1ccccc1F)C(CO)c1[nH]c3cc(OC)ccc3c12. The van der Waals surface area contributed by atoms with E-state index < -0.39 is 0 Å². The van der Waals surface area contributed by atoms with Crippen LogP contribution in [0.3, 0.4) is 0 Å². The molecule has 34 heavy (non-hydrogen) atoms. The van der Waals surface area contributed by atoms with Crippen LogP contribution in [0.1, 0.15) is 35.7 Å². The summed E-state index contributed by atoms with van der Waals surface area (Å²) in [7, 11) is 3.30. The molecule has 1 fully saturated rings. The van der Waals surface area contributed by atoms with Crippen molar-refractivity contribution in [2.75, 3.05) is 40.4 Å². The minimum atomic E-state index is -0.282. The lowest BCUT2D eigenvalue weighted by Crippen LogP contribution is -2.55. The molecule has 2 aliphatic rings. The van der Waals surface area contributed by atoms with E-state index in [1.807, 2.05) is 23.1 Å². The van der Waals surface area contributed by atoms with Crippen LogP contribution in [0.4, 0.5) is 9.18 Å². The van der Waals surface area contributed by atoms with Crippen LogP contribution in [-0.4, -0.2) is 66.3 Å². The molecule has 0 bridgehead atoms. The fourth-order valence-corrected chi connectivity index (χ4v) is 5.83. The Hall–Kier alpha value is -3.10. The number of aliphatic hydroxyl groups excluding tert-OH is 1. The van der Waals surface area contributed by atoms with E-state index in [0.29, 0.717) is 31.7 Å². The van der Waals surface area contributed by atoms with Gasteiger partial charge in [0.1, 0.15) is 11.6 Å². The highest BCUT2D eigenvalue weighted by molar-refractivity contribution is 5.88. The third kappa shape index (κ3) is 3.71. The van der Waals surface area contributed by atoms with Crippen molar-refractivity contribution in [1.29, 1.82) is 0 Å². The van der Waals surface area contributed by atoms with Crippen LogP contribution in [0, 0.1) is 5.82 Å². The van der Waals surface area contributed by atoms with Gasteiger partial charge >= 0.3 is 6.03 Å². The molecule has 7 nitrogen and oxygen atoms in total. The van der Waals surface area contributed by atoms with E-state index >= 15 is 0 Å². The lowest BCUT2D eigenvalue weighted by molar-refractivity contribution is 0.0480. The molecular weight excluding hydrogens is 435 g/mol. The van der Waals surface area contributed by atoms with Crippen molar-refractivity contribution >= 4 is 16.9 Å². The summed E-state index contributed by atoms with van der Waals surface area (Å²) in [5, 5.41) is 14.3. The molecule has 1 saturated heterocycles. The highest BCUT2D eigenvalue weighted by Gasteiger charge is 2.47. The number of piperidine rings is 1. The van der Waals surface area contributed by atoms with Gasteiger partial charge in [-0.15, -0.1) is 0 Å². The molecule has 2 aromatic carbocycles. The van der Waals surface area contributed by atoms with Gasteiger partial charge < -0.3 is 25.0 Å². The molecule has 2 aliphatic heterocycles. The van der Waals surface area contributed by atoms with Crippen LogP contribution in [0.25, 0.3) is 10.9 Å². The first-order valence-corrected chi connectivity index (χ1v) is 11.7. The number of aliphatic hydroxyl groups is 1. The second kappa shape index (κ2) is 8.92. The number of methoxy groups -OCH3 is 1. The van der Waals surface area contributed by atoms with Crippen LogP contribution in [0.2, 0.25) is 0 Å². The number of nitrogens with zero attached hydrogens (tertiary/aromatic N) is 2. The molecule has 1 spiro atoms. The van der Waals surface area contributed by atoms with Crippen molar-refractivity contribution in [2.24, 2.45) is 0 Å². The Balaban J connectivity index is 1.60. The molecule has 0 aliphatic carbocycles. The summed E-state index contributed by atoms with van der Waals surface area (Å²) < 4.78 is 20.0. The quantitative estimate of drug-likeness (QED) is 0.550. The maximum absolute atomic E-state index is 14.6. The zero-order valence-corrected chi connectivity index (χ0v) is 19.6. The summed E-state index contributed by atoms with van der Waals surface area (Å²) >= 11 is 0. The molecule has 0 radical (unpaired) electrons. The number of urea groups is 1. The summed E-state index contributed by atoms with van der Waals surface area (Å²) in [4.78, 5) is 19.9. The second-order valence-electron chi connectivity index (χ2n) is 9.34. The lowest BCUT2D eigenvalue weighted by Gasteiger charge is -2.50. The number of likely N-dealkylation sites (tertiary alicyclic amines) is 1. The van der Waals surface area contributed by atoms with Gasteiger partial charge in [0.25, 0.3) is 0 Å². The van der Waals surface area contributed by atoms with E-state index in [1.54, 1.807) is 26.3 Å². The molecule has 0 saturated carbocycles. The van der Waals surface area contributed by atoms with Gasteiger partial charge in [0.2, 0.25) is 0 Å². The van der Waals surface area contributed by atoms with E-state index in [4.69, 9.17) is 4.74 Å². The average molecular weight is 467 g/mol. The molecule has 8 heteroatoms. The van der Waals surface area contributed by atoms with Crippen LogP contribution < -0.4 is 10.1 Å². The van der Waals surface area contributed by atoms with E-state index in [0.717, 1.165) is 35.2 Å². The minimum Gasteiger partial charge on any atom is -0.497 e. The van der Waals surface area contributed by atoms with Gasteiger partial charge in [0, 0.05) is 66.9 Å². The number of ether oxygens (including phenoxy) is 1. The van der Waals surface area contributed by atoms with Crippen molar-refractivity contribution in [3.63, 3.8) is 0 Å². The number of carbonyl (C=O) groups excluding carboxylic acids is 1. The predicted octanol–water partition coefficient (Wildman–Crippen LogP) is 3.54. The third-order valence-corrected chi connectivity index (χ3v) is 7.57. The van der Waals surface area contributed by atoms with Crippen molar-refractivity contribution in [1.82, 2.24) is 20.1 Å². The number of amides is 2. The number of nitrogens with one attached hydrogen (secondary N) is 2. The molecule has 1 unspecified atom stereocenters. The number of aromatic nitrogens is 1. The van der Waals surface area contributed by atoms with Crippen molar-refractivity contribution in [3.8, 4) is 5.75 Å². The lowest BCUT2D eigenvalue weighted by atomic mass is 9.68. The zero-order chi connectivity index (χ0) is 23.9. The second-order valence-corrected chi connectivity index (χ2v) is 9.34. The van der Waals surface area contributed by atoms with Crippen molar-refractivity contribution in [3.05, 3.63) is 65.1 Å². The number of aromatic amines is 1. The average Bonchev–Trinajstić information content (AvgIpc) is 3.25. The van der Waals surface area contributed by atoms with Gasteiger partial charge in [-0.2, -0.15) is 0 Å². The van der Waals surface area contributed by atoms with E-state index in [-0.39, 0.29) is 29.9 Å². The van der Waals surface area contributed by atoms with Crippen LogP contribution >= 0.6 is 0 Å². The van der Waals surface area contributed by atoms with Gasteiger partial charge in [-0.1, -0.05) is 18.2 Å². The zero-order valence-electron chi connectivity index (χ0n) is 19.6. The number of halogens is 1. The highest BCUT2D eigenvalue weighted by Crippen LogP contribution is 2.49. The Kier molecular flexibility index (Phi) is 5.95. The molecule has 1 aromatic heterocycles. The first kappa shape index (κ1) is 22.7. The summed E-state index contributed by atoms with van der Waals surface area (Å²) in [5.41, 5.74) is 3.54. The molecule has 5 rings (SSSR count). The van der Waals surface area contributed by atoms with Crippen LogP contribution in [0.5, 0.6) is 5.75 Å². The maximum atomic E-state index is 14.6. The maximum Gasteiger partial charge on any atom is 0.317 e. The topological polar surface area (TPSA) is 80.8 Å². The van der Waals surface area contributed by atoms with Gasteiger partial charge in [-0.05, 0) is 36.6 Å². The summed E-state index contributed by atoms with van der Waals surface area (Å²) in [6.45, 7) is 2.28. The van der Waals surface area contributed by atoms with Crippen molar-refractivity contribution < 1.29 is 19.0 Å². The van der Waals surface area contributed by atoms with Gasteiger partial charge in [0.15, 0.2) is 0 Å². The van der Waals surface area contributed by atoms with Crippen LogP contribution in [0.15, 0.2) is 42.5 Å². The van der Waals surface area contributed by atoms with Crippen LogP contribution in [-0.2, 0) is 12.0 Å². The number of fused-ring (bicyclic) bond motifs is 4. The van der Waals surface area contributed by atoms with E-state index in [9.17, 15) is 14.3 Å². The molecule has 3 aromatic rings. The van der Waals surface area contributed by atoms with Gasteiger partial charge in [-0.25, -0.2) is 9.18 Å². The standard InChI is InChI=1S/C26H31FN4O3/c1-28-25(33)30-11-9-26(10-12-30)16-31(14-17-5-3-4-6-20(17)27)22(15-32)24-23(26)19-8-7-18(34-2)13-21(19)29-24/h3-8,13,22,29,32H,9-12,14-16H2,1-2H3,(H,28,33). The molecule has 1 atom stereocenters. The normalized spacial score (nSPS) is 19.9. The largest absolute Gasteiger partial charge is 0.497 e. The number of H-pyrrole nitrogens is 1. The number of benzene rings is 2. The van der Waals surface area contributed by atoms with Crippen molar-refractivity contribution in [2.45, 2.75) is 30.8 Å². The fraction of sp³-hybridized carbons (Fsp3) is 0.423. The monoisotopic (exact) mass is 466 g/mol. The Morgan fingerprint density at radius 1 is 1.26 bits per heavy atom. The molecule has 2 amide bonds. The smallest absolute Gasteiger partial charge is 0.317 e. The highest BCUT2D eigenvalue weighted by atomic mass is 19.1. The Bertz CT molecular complexity index is 1200. The predicted molar refractivity (Wildman–Crippen MR) is 128 cm³/mol. The molecule has 180 valence electrons. The number of carbonyl (C=O) groups is 1. The number of hydrogen-bond acceptors (Lipinski definition) is 4. The molecule has 3 N–H and O–H groups in total. The Morgan fingerprint density at radius 3 is 2.71 bits per heavy atom. The summed E-state index contributed by atoms with van der Waals surface area (Å²) in [6, 6.07) is 12.5. The van der Waals surface area contributed by atoms with Gasteiger partial charge in [-0.3, -0.25) is 4.90 Å². The number of rotatable bonds is 4. The number of hydrogen-bond donors (Lipinski definition) is 3. The van der Waals surface area contributed by atoms with Gasteiger partial charge in [0.05, 0.1) is 19.8 Å².